The molecule has 1 aliphatic carbocycles. The molecule has 0 unspecified atom stereocenters. The number of anilines is 1. The van der Waals surface area contributed by atoms with Crippen LogP contribution in [0.25, 0.3) is 10.9 Å². The van der Waals surface area contributed by atoms with E-state index in [9.17, 15) is 9.18 Å². The fraction of sp³-hybridized carbons (Fsp3) is 0.400. The number of halogens is 1. The molecule has 1 amide bonds. The molecule has 5 rings (SSSR count). The number of aromatic nitrogens is 3. The number of para-hydroxylation sites is 1. The number of nitrogens with one attached hydrogen (secondary N) is 1. The van der Waals surface area contributed by atoms with Gasteiger partial charge in [0.1, 0.15) is 23.5 Å². The number of carbonyl (C=O) groups is 1. The number of hydrogen-bond donors (Lipinski definition) is 1. The van der Waals surface area contributed by atoms with Gasteiger partial charge < -0.3 is 14.7 Å². The summed E-state index contributed by atoms with van der Waals surface area (Å²) >= 11 is 0. The van der Waals surface area contributed by atoms with Crippen molar-refractivity contribution in [1.82, 2.24) is 20.0 Å². The Morgan fingerprint density at radius 2 is 2.14 bits per heavy atom. The number of benzene rings is 1. The SMILES string of the molecule is O=C(c1onc2c1CCCC2)N1CC[C@@H](Nc2ncnc3c(F)cccc23)C1. The summed E-state index contributed by atoms with van der Waals surface area (Å²) in [4.78, 5) is 23.0. The van der Waals surface area contributed by atoms with Crippen LogP contribution in [0.2, 0.25) is 0 Å². The van der Waals surface area contributed by atoms with Crippen LogP contribution < -0.4 is 5.32 Å². The van der Waals surface area contributed by atoms with Gasteiger partial charge in [0.25, 0.3) is 5.91 Å². The monoisotopic (exact) mass is 381 g/mol. The van der Waals surface area contributed by atoms with E-state index >= 15 is 0 Å². The fourth-order valence-electron chi connectivity index (χ4n) is 4.12. The summed E-state index contributed by atoms with van der Waals surface area (Å²) in [5.74, 6) is 0.505. The van der Waals surface area contributed by atoms with E-state index in [0.29, 0.717) is 35.6 Å². The van der Waals surface area contributed by atoms with Crippen LogP contribution in [-0.2, 0) is 12.8 Å². The molecule has 3 heterocycles. The van der Waals surface area contributed by atoms with Crippen molar-refractivity contribution < 1.29 is 13.7 Å². The number of amides is 1. The van der Waals surface area contributed by atoms with Crippen molar-refractivity contribution in [1.29, 1.82) is 0 Å². The highest BCUT2D eigenvalue weighted by molar-refractivity contribution is 5.93. The van der Waals surface area contributed by atoms with E-state index in [1.54, 1.807) is 17.0 Å². The average Bonchev–Trinajstić information content (AvgIpc) is 3.35. The third-order valence-corrected chi connectivity index (χ3v) is 5.59. The summed E-state index contributed by atoms with van der Waals surface area (Å²) < 4.78 is 19.3. The van der Waals surface area contributed by atoms with Crippen LogP contribution >= 0.6 is 0 Å². The van der Waals surface area contributed by atoms with Gasteiger partial charge in [0.2, 0.25) is 5.76 Å². The van der Waals surface area contributed by atoms with Gasteiger partial charge in [-0.15, -0.1) is 0 Å². The third kappa shape index (κ3) is 2.89. The molecule has 2 aliphatic rings. The largest absolute Gasteiger partial charge is 0.365 e. The molecular weight excluding hydrogens is 361 g/mol. The topological polar surface area (TPSA) is 84.2 Å². The van der Waals surface area contributed by atoms with Crippen LogP contribution in [0.15, 0.2) is 29.0 Å². The molecule has 0 radical (unpaired) electrons. The van der Waals surface area contributed by atoms with Crippen molar-refractivity contribution in [3.63, 3.8) is 0 Å². The molecule has 7 nitrogen and oxygen atoms in total. The molecule has 0 spiro atoms. The zero-order valence-electron chi connectivity index (χ0n) is 15.3. The van der Waals surface area contributed by atoms with E-state index in [1.807, 2.05) is 0 Å². The lowest BCUT2D eigenvalue weighted by molar-refractivity contribution is 0.0748. The minimum absolute atomic E-state index is 0.0315. The molecule has 0 bridgehead atoms. The molecule has 1 atom stereocenters. The summed E-state index contributed by atoms with van der Waals surface area (Å²) in [6, 6.07) is 4.85. The molecule has 1 saturated heterocycles. The van der Waals surface area contributed by atoms with Crippen molar-refractivity contribution in [2.75, 3.05) is 18.4 Å². The molecular formula is C20H20FN5O2. The molecule has 1 N–H and O–H groups in total. The first-order valence-electron chi connectivity index (χ1n) is 9.63. The van der Waals surface area contributed by atoms with E-state index in [-0.39, 0.29) is 17.8 Å². The Balaban J connectivity index is 1.32. The van der Waals surface area contributed by atoms with Crippen molar-refractivity contribution in [2.24, 2.45) is 0 Å². The Bertz CT molecular complexity index is 1050. The van der Waals surface area contributed by atoms with Crippen LogP contribution in [-0.4, -0.2) is 45.1 Å². The Kier molecular flexibility index (Phi) is 4.18. The summed E-state index contributed by atoms with van der Waals surface area (Å²) in [7, 11) is 0. The molecule has 8 heteroatoms. The van der Waals surface area contributed by atoms with Gasteiger partial charge in [-0.25, -0.2) is 14.4 Å². The molecule has 1 aliphatic heterocycles. The first-order valence-corrected chi connectivity index (χ1v) is 9.63. The van der Waals surface area contributed by atoms with E-state index in [4.69, 9.17) is 4.52 Å². The first-order chi connectivity index (χ1) is 13.7. The third-order valence-electron chi connectivity index (χ3n) is 5.59. The lowest BCUT2D eigenvalue weighted by atomic mass is 9.96. The second-order valence-corrected chi connectivity index (χ2v) is 7.38. The van der Waals surface area contributed by atoms with E-state index in [0.717, 1.165) is 43.4 Å². The van der Waals surface area contributed by atoms with Gasteiger partial charge in [-0.1, -0.05) is 11.2 Å². The van der Waals surface area contributed by atoms with E-state index in [1.165, 1.54) is 12.4 Å². The van der Waals surface area contributed by atoms with E-state index in [2.05, 4.69) is 20.4 Å². The Morgan fingerprint density at radius 3 is 3.07 bits per heavy atom. The Labute approximate surface area is 160 Å². The maximum atomic E-state index is 14.0. The van der Waals surface area contributed by atoms with Gasteiger partial charge in [0.15, 0.2) is 0 Å². The maximum Gasteiger partial charge on any atom is 0.292 e. The van der Waals surface area contributed by atoms with Crippen molar-refractivity contribution in [3.05, 3.63) is 47.4 Å². The lowest BCUT2D eigenvalue weighted by Gasteiger charge is -2.18. The zero-order valence-corrected chi connectivity index (χ0v) is 15.3. The fourth-order valence-corrected chi connectivity index (χ4v) is 4.12. The minimum Gasteiger partial charge on any atom is -0.365 e. The molecule has 0 saturated carbocycles. The highest BCUT2D eigenvalue weighted by Crippen LogP contribution is 2.27. The lowest BCUT2D eigenvalue weighted by Crippen LogP contribution is -2.32. The summed E-state index contributed by atoms with van der Waals surface area (Å²) in [6.45, 7) is 1.17. The van der Waals surface area contributed by atoms with Crippen LogP contribution in [0.3, 0.4) is 0 Å². The predicted octanol–water partition coefficient (Wildman–Crippen LogP) is 2.96. The van der Waals surface area contributed by atoms with Gasteiger partial charge in [0.05, 0.1) is 5.69 Å². The van der Waals surface area contributed by atoms with Crippen LogP contribution in [0.1, 0.15) is 41.1 Å². The predicted molar refractivity (Wildman–Crippen MR) is 101 cm³/mol. The van der Waals surface area contributed by atoms with Crippen LogP contribution in [0.5, 0.6) is 0 Å². The summed E-state index contributed by atoms with van der Waals surface area (Å²) in [5.41, 5.74) is 2.20. The second kappa shape index (κ2) is 6.85. The standard InChI is InChI=1S/C20H20FN5O2/c21-15-6-3-5-14-17(15)22-11-23-19(14)24-12-8-9-26(10-12)20(27)18-13-4-1-2-7-16(13)25-28-18/h3,5-6,11-12H,1-2,4,7-10H2,(H,22,23,24)/t12-/m1/s1. The minimum atomic E-state index is -0.374. The maximum absolute atomic E-state index is 14.0. The number of likely N-dealkylation sites (tertiary alicyclic amines) is 1. The molecule has 3 aromatic rings. The van der Waals surface area contributed by atoms with Crippen molar-refractivity contribution in [2.45, 2.75) is 38.1 Å². The van der Waals surface area contributed by atoms with Crippen LogP contribution in [0.4, 0.5) is 10.2 Å². The first kappa shape index (κ1) is 17.1. The Hall–Kier alpha value is -3.03. The second-order valence-electron chi connectivity index (χ2n) is 7.38. The highest BCUT2D eigenvalue weighted by Gasteiger charge is 2.32. The normalized spacial score (nSPS) is 19.0. The highest BCUT2D eigenvalue weighted by atomic mass is 19.1. The van der Waals surface area contributed by atoms with Gasteiger partial charge in [-0.3, -0.25) is 4.79 Å². The number of carbonyl (C=O) groups excluding carboxylic acids is 1. The quantitative estimate of drug-likeness (QED) is 0.751. The van der Waals surface area contributed by atoms with Gasteiger partial charge in [0, 0.05) is 30.1 Å². The van der Waals surface area contributed by atoms with Gasteiger partial charge in [-0.2, -0.15) is 0 Å². The molecule has 28 heavy (non-hydrogen) atoms. The smallest absolute Gasteiger partial charge is 0.292 e. The molecule has 1 aromatic carbocycles. The number of aryl methyl sites for hydroxylation is 1. The number of rotatable bonds is 3. The zero-order chi connectivity index (χ0) is 19.1. The Morgan fingerprint density at radius 1 is 1.25 bits per heavy atom. The summed E-state index contributed by atoms with van der Waals surface area (Å²) in [6.07, 6.45) is 6.03. The molecule has 2 aromatic heterocycles. The van der Waals surface area contributed by atoms with Crippen molar-refractivity contribution in [3.8, 4) is 0 Å². The van der Waals surface area contributed by atoms with Gasteiger partial charge >= 0.3 is 0 Å². The van der Waals surface area contributed by atoms with Crippen LogP contribution in [0, 0.1) is 5.82 Å². The average molecular weight is 381 g/mol. The molecule has 144 valence electrons. The van der Waals surface area contributed by atoms with Gasteiger partial charge in [-0.05, 0) is 44.2 Å². The van der Waals surface area contributed by atoms with E-state index < -0.39 is 0 Å². The number of fused-ring (bicyclic) bond motifs is 2. The van der Waals surface area contributed by atoms with Crippen molar-refractivity contribution >= 4 is 22.6 Å². The summed E-state index contributed by atoms with van der Waals surface area (Å²) in [5, 5.41) is 8.07. The molecule has 1 fully saturated rings. The number of hydrogen-bond acceptors (Lipinski definition) is 6. The number of nitrogens with zero attached hydrogens (tertiary/aromatic N) is 4.